The number of likely N-dealkylation sites (N-methyl/N-ethyl adjacent to an activating group) is 1. The molecule has 0 amide bonds. The Labute approximate surface area is 85.6 Å². The highest BCUT2D eigenvalue weighted by molar-refractivity contribution is 5.69. The molecule has 0 aliphatic carbocycles. The summed E-state index contributed by atoms with van der Waals surface area (Å²) in [7, 11) is 1.76. The van der Waals surface area contributed by atoms with Crippen molar-refractivity contribution >= 4 is 5.97 Å². The third kappa shape index (κ3) is 6.86. The molecule has 0 saturated heterocycles. The van der Waals surface area contributed by atoms with E-state index in [4.69, 9.17) is 9.84 Å². The molecule has 0 fully saturated rings. The first kappa shape index (κ1) is 13.4. The van der Waals surface area contributed by atoms with Crippen LogP contribution in [-0.2, 0) is 9.53 Å². The lowest BCUT2D eigenvalue weighted by atomic mass is 10.1. The minimum absolute atomic E-state index is 0.0254. The van der Waals surface area contributed by atoms with Gasteiger partial charge in [0, 0.05) is 12.5 Å². The van der Waals surface area contributed by atoms with Crippen molar-refractivity contribution in [3.63, 3.8) is 0 Å². The van der Waals surface area contributed by atoms with Crippen LogP contribution in [0.2, 0.25) is 0 Å². The Balaban J connectivity index is 3.74. The van der Waals surface area contributed by atoms with E-state index in [1.54, 1.807) is 7.05 Å². The van der Waals surface area contributed by atoms with Crippen LogP contribution in [-0.4, -0.2) is 36.4 Å². The minimum atomic E-state index is -0.425. The Bertz CT molecular complexity index is 171. The second kappa shape index (κ2) is 5.98. The number of carbonyl (C=O) groups excluding carboxylic acids is 1. The number of hydrogen-bond donors (Lipinski definition) is 2. The number of aliphatic hydroxyl groups is 1. The van der Waals surface area contributed by atoms with E-state index in [-0.39, 0.29) is 18.6 Å². The molecule has 0 spiro atoms. The molecule has 0 aromatic heterocycles. The second-order valence-corrected chi connectivity index (χ2v) is 4.29. The van der Waals surface area contributed by atoms with Gasteiger partial charge in [0.25, 0.3) is 0 Å². The number of carbonyl (C=O) groups is 1. The van der Waals surface area contributed by atoms with Gasteiger partial charge in [0.1, 0.15) is 5.60 Å². The number of hydrogen-bond acceptors (Lipinski definition) is 4. The summed E-state index contributed by atoms with van der Waals surface area (Å²) in [6, 6.07) is -0.0254. The summed E-state index contributed by atoms with van der Waals surface area (Å²) < 4.78 is 5.13. The van der Waals surface area contributed by atoms with Crippen molar-refractivity contribution in [1.29, 1.82) is 0 Å². The van der Waals surface area contributed by atoms with Crippen molar-refractivity contribution in [2.24, 2.45) is 0 Å². The number of ether oxygens (including phenoxy) is 1. The van der Waals surface area contributed by atoms with E-state index in [1.807, 2.05) is 20.8 Å². The van der Waals surface area contributed by atoms with Gasteiger partial charge < -0.3 is 15.2 Å². The van der Waals surface area contributed by atoms with E-state index in [1.165, 1.54) is 0 Å². The van der Waals surface area contributed by atoms with Gasteiger partial charge in [-0.25, -0.2) is 0 Å². The quantitative estimate of drug-likeness (QED) is 0.645. The second-order valence-electron chi connectivity index (χ2n) is 4.29. The first-order valence-electron chi connectivity index (χ1n) is 4.89. The topological polar surface area (TPSA) is 58.6 Å². The fourth-order valence-electron chi connectivity index (χ4n) is 1.01. The first-order valence-corrected chi connectivity index (χ1v) is 4.89. The third-order valence-corrected chi connectivity index (χ3v) is 1.75. The van der Waals surface area contributed by atoms with Crippen molar-refractivity contribution in [3.05, 3.63) is 0 Å². The average Bonchev–Trinajstić information content (AvgIpc) is 2.03. The normalized spacial score (nSPS) is 13.8. The van der Waals surface area contributed by atoms with E-state index in [0.29, 0.717) is 12.8 Å². The lowest BCUT2D eigenvalue weighted by molar-refractivity contribution is -0.155. The molecule has 0 heterocycles. The predicted molar refractivity (Wildman–Crippen MR) is 55.0 cm³/mol. The highest BCUT2D eigenvalue weighted by Crippen LogP contribution is 2.09. The minimum Gasteiger partial charge on any atom is -0.460 e. The Morgan fingerprint density at radius 1 is 1.50 bits per heavy atom. The molecule has 2 N–H and O–H groups in total. The van der Waals surface area contributed by atoms with Gasteiger partial charge in [-0.1, -0.05) is 0 Å². The number of esters is 1. The molecule has 84 valence electrons. The molecule has 0 aromatic rings. The SMILES string of the molecule is CNC(CO)CCC(=O)OC(C)(C)C. The summed E-state index contributed by atoms with van der Waals surface area (Å²) in [4.78, 5) is 11.3. The summed E-state index contributed by atoms with van der Waals surface area (Å²) in [6.07, 6.45) is 0.936. The number of nitrogens with one attached hydrogen (secondary N) is 1. The van der Waals surface area contributed by atoms with Crippen molar-refractivity contribution in [2.45, 2.75) is 45.3 Å². The summed E-state index contributed by atoms with van der Waals surface area (Å²) in [6.45, 7) is 5.56. The standard InChI is InChI=1S/C10H21NO3/c1-10(2,3)14-9(13)6-5-8(7-12)11-4/h8,11-12H,5-7H2,1-4H3. The van der Waals surface area contributed by atoms with Crippen LogP contribution in [0.4, 0.5) is 0 Å². The summed E-state index contributed by atoms with van der Waals surface area (Å²) in [5.41, 5.74) is -0.425. The van der Waals surface area contributed by atoms with Crippen molar-refractivity contribution in [3.8, 4) is 0 Å². The van der Waals surface area contributed by atoms with Gasteiger partial charge in [0.05, 0.1) is 6.61 Å². The van der Waals surface area contributed by atoms with Gasteiger partial charge >= 0.3 is 5.97 Å². The molecule has 0 rings (SSSR count). The molecule has 0 bridgehead atoms. The molecule has 0 saturated carbocycles. The van der Waals surface area contributed by atoms with Crippen LogP contribution in [0.1, 0.15) is 33.6 Å². The molecular formula is C10H21NO3. The van der Waals surface area contributed by atoms with Gasteiger partial charge in [-0.15, -0.1) is 0 Å². The number of aliphatic hydroxyl groups excluding tert-OH is 1. The molecule has 1 atom stereocenters. The Hall–Kier alpha value is -0.610. The van der Waals surface area contributed by atoms with Crippen LogP contribution >= 0.6 is 0 Å². The lowest BCUT2D eigenvalue weighted by Gasteiger charge is -2.20. The van der Waals surface area contributed by atoms with Crippen molar-refractivity contribution < 1.29 is 14.6 Å². The Morgan fingerprint density at radius 3 is 2.43 bits per heavy atom. The van der Waals surface area contributed by atoms with E-state index in [9.17, 15) is 4.79 Å². The smallest absolute Gasteiger partial charge is 0.306 e. The highest BCUT2D eigenvalue weighted by Gasteiger charge is 2.17. The van der Waals surface area contributed by atoms with Crippen LogP contribution in [0.5, 0.6) is 0 Å². The van der Waals surface area contributed by atoms with Gasteiger partial charge in [-0.2, -0.15) is 0 Å². The largest absolute Gasteiger partial charge is 0.460 e. The third-order valence-electron chi connectivity index (χ3n) is 1.75. The van der Waals surface area contributed by atoms with E-state index >= 15 is 0 Å². The van der Waals surface area contributed by atoms with E-state index < -0.39 is 5.60 Å². The average molecular weight is 203 g/mol. The first-order chi connectivity index (χ1) is 6.39. The van der Waals surface area contributed by atoms with E-state index in [2.05, 4.69) is 5.32 Å². The molecule has 4 nitrogen and oxygen atoms in total. The van der Waals surface area contributed by atoms with Crippen LogP contribution in [0.15, 0.2) is 0 Å². The number of rotatable bonds is 5. The zero-order chi connectivity index (χ0) is 11.2. The molecule has 1 unspecified atom stereocenters. The molecule has 14 heavy (non-hydrogen) atoms. The van der Waals surface area contributed by atoms with Crippen LogP contribution < -0.4 is 5.32 Å². The van der Waals surface area contributed by atoms with Gasteiger partial charge in [0.2, 0.25) is 0 Å². The molecular weight excluding hydrogens is 182 g/mol. The summed E-state index contributed by atoms with van der Waals surface area (Å²) in [5.74, 6) is -0.216. The van der Waals surface area contributed by atoms with Gasteiger partial charge in [0.15, 0.2) is 0 Å². The fourth-order valence-corrected chi connectivity index (χ4v) is 1.01. The Morgan fingerprint density at radius 2 is 2.07 bits per heavy atom. The molecule has 0 radical (unpaired) electrons. The van der Waals surface area contributed by atoms with Crippen molar-refractivity contribution in [1.82, 2.24) is 5.32 Å². The zero-order valence-electron chi connectivity index (χ0n) is 9.46. The van der Waals surface area contributed by atoms with E-state index in [0.717, 1.165) is 0 Å². The Kier molecular flexibility index (Phi) is 5.72. The van der Waals surface area contributed by atoms with Crippen molar-refractivity contribution in [2.75, 3.05) is 13.7 Å². The lowest BCUT2D eigenvalue weighted by Crippen LogP contribution is -2.31. The maximum atomic E-state index is 11.3. The highest BCUT2D eigenvalue weighted by atomic mass is 16.6. The predicted octanol–water partition coefficient (Wildman–Crippen LogP) is 0.689. The van der Waals surface area contributed by atoms with Crippen LogP contribution in [0.25, 0.3) is 0 Å². The zero-order valence-corrected chi connectivity index (χ0v) is 9.46. The molecule has 4 heteroatoms. The fraction of sp³-hybridized carbons (Fsp3) is 0.900. The maximum Gasteiger partial charge on any atom is 0.306 e. The summed E-state index contributed by atoms with van der Waals surface area (Å²) in [5, 5.41) is 11.8. The van der Waals surface area contributed by atoms with Crippen LogP contribution in [0.3, 0.4) is 0 Å². The summed E-state index contributed by atoms with van der Waals surface area (Å²) >= 11 is 0. The molecule has 0 aromatic carbocycles. The van der Waals surface area contributed by atoms with Crippen LogP contribution in [0, 0.1) is 0 Å². The van der Waals surface area contributed by atoms with Gasteiger partial charge in [-0.05, 0) is 34.2 Å². The maximum absolute atomic E-state index is 11.3. The molecule has 0 aliphatic rings. The van der Waals surface area contributed by atoms with Gasteiger partial charge in [-0.3, -0.25) is 4.79 Å². The monoisotopic (exact) mass is 203 g/mol. The molecule has 0 aliphatic heterocycles.